The molecule has 0 radical (unpaired) electrons. The maximum atomic E-state index is 14.5. The molecule has 4 aromatic rings. The summed E-state index contributed by atoms with van der Waals surface area (Å²) in [5.74, 6) is -1.91. The smallest absolute Gasteiger partial charge is 0.339 e. The number of amides is 1. The van der Waals surface area contributed by atoms with Crippen molar-refractivity contribution in [1.82, 2.24) is 14.4 Å². The molecular formula is C38H38F5N3O2. The van der Waals surface area contributed by atoms with Gasteiger partial charge in [-0.25, -0.2) is 8.78 Å². The lowest BCUT2D eigenvalue weighted by Gasteiger charge is -2.38. The second-order valence-corrected chi connectivity index (χ2v) is 12.9. The summed E-state index contributed by atoms with van der Waals surface area (Å²) in [6.45, 7) is 2.07. The zero-order valence-electron chi connectivity index (χ0n) is 26.8. The zero-order valence-corrected chi connectivity index (χ0v) is 26.8. The Bertz CT molecular complexity index is 1830. The molecule has 48 heavy (non-hydrogen) atoms. The van der Waals surface area contributed by atoms with E-state index >= 15 is 0 Å². The van der Waals surface area contributed by atoms with Gasteiger partial charge < -0.3 is 14.4 Å². The van der Waals surface area contributed by atoms with Crippen LogP contribution in [0.2, 0.25) is 0 Å². The van der Waals surface area contributed by atoms with Crippen LogP contribution in [0, 0.1) is 11.6 Å². The van der Waals surface area contributed by atoms with Gasteiger partial charge in [0.2, 0.25) is 5.91 Å². The van der Waals surface area contributed by atoms with Crippen molar-refractivity contribution in [3.8, 4) is 11.1 Å². The maximum Gasteiger partial charge on any atom is 0.416 e. The third-order valence-electron chi connectivity index (χ3n) is 9.73. The minimum atomic E-state index is -4.40. The van der Waals surface area contributed by atoms with Gasteiger partial charge in [-0.3, -0.25) is 9.59 Å². The fourth-order valence-corrected chi connectivity index (χ4v) is 6.99. The molecule has 1 amide bonds. The Hall–Kier alpha value is -4.31. The summed E-state index contributed by atoms with van der Waals surface area (Å²) >= 11 is 0. The third kappa shape index (κ3) is 7.38. The Morgan fingerprint density at radius 1 is 0.896 bits per heavy atom. The van der Waals surface area contributed by atoms with Crippen LogP contribution < -0.4 is 5.43 Å². The number of aromatic nitrogens is 1. The Morgan fingerprint density at radius 3 is 2.23 bits per heavy atom. The van der Waals surface area contributed by atoms with E-state index in [0.717, 1.165) is 67.4 Å². The molecule has 0 bridgehead atoms. The number of pyridine rings is 1. The molecule has 0 atom stereocenters. The number of benzene rings is 3. The number of likely N-dealkylation sites (tertiary alicyclic amines) is 1. The zero-order chi connectivity index (χ0) is 34.0. The predicted molar refractivity (Wildman–Crippen MR) is 174 cm³/mol. The van der Waals surface area contributed by atoms with Crippen LogP contribution in [-0.2, 0) is 49.7 Å². The lowest BCUT2D eigenvalue weighted by atomic mass is 10.00. The Kier molecular flexibility index (Phi) is 9.83. The van der Waals surface area contributed by atoms with Gasteiger partial charge in [-0.1, -0.05) is 48.5 Å². The number of fused-ring (bicyclic) bond motifs is 1. The molecule has 1 fully saturated rings. The van der Waals surface area contributed by atoms with Crippen molar-refractivity contribution in [2.75, 3.05) is 20.1 Å². The second-order valence-electron chi connectivity index (χ2n) is 12.9. The van der Waals surface area contributed by atoms with E-state index in [2.05, 4.69) is 11.9 Å². The summed E-state index contributed by atoms with van der Waals surface area (Å²) < 4.78 is 69.4. The molecule has 2 heterocycles. The molecule has 6 rings (SSSR count). The number of alkyl halides is 3. The average molecular weight is 664 g/mol. The number of nitrogens with zero attached hydrogens (tertiary/aromatic N) is 3. The van der Waals surface area contributed by atoms with Gasteiger partial charge in [0.1, 0.15) is 6.54 Å². The highest BCUT2D eigenvalue weighted by atomic mass is 19.4. The number of aryl methyl sites for hydroxylation is 2. The van der Waals surface area contributed by atoms with Crippen LogP contribution in [0.25, 0.3) is 11.1 Å². The van der Waals surface area contributed by atoms with Gasteiger partial charge in [0.05, 0.1) is 5.56 Å². The molecule has 1 aromatic heterocycles. The SMILES string of the molecule is CN1CCC(N(Cc2ccc(-c3ccc(C(F)(F)F)cc3)cc2)C(=O)Cn2c(CCc3cccc(F)c3F)cc(=O)c3c2CCC3)CC1. The van der Waals surface area contributed by atoms with Crippen LogP contribution in [0.3, 0.4) is 0 Å². The van der Waals surface area contributed by atoms with Crippen molar-refractivity contribution in [3.63, 3.8) is 0 Å². The highest BCUT2D eigenvalue weighted by Gasteiger charge is 2.31. The van der Waals surface area contributed by atoms with E-state index in [1.54, 1.807) is 6.07 Å². The molecule has 2 aliphatic rings. The molecule has 3 aromatic carbocycles. The Labute approximate surface area is 276 Å². The van der Waals surface area contributed by atoms with E-state index in [9.17, 15) is 31.5 Å². The first-order valence-electron chi connectivity index (χ1n) is 16.4. The van der Waals surface area contributed by atoms with Crippen LogP contribution >= 0.6 is 0 Å². The minimum Gasteiger partial charge on any atom is -0.339 e. The first-order valence-corrected chi connectivity index (χ1v) is 16.4. The first-order chi connectivity index (χ1) is 23.0. The topological polar surface area (TPSA) is 45.5 Å². The molecule has 10 heteroatoms. The van der Waals surface area contributed by atoms with Crippen LogP contribution in [0.1, 0.15) is 52.9 Å². The van der Waals surface area contributed by atoms with Gasteiger partial charge in [-0.2, -0.15) is 13.2 Å². The normalized spacial score (nSPS) is 15.5. The second kappa shape index (κ2) is 14.0. The molecule has 252 valence electrons. The fourth-order valence-electron chi connectivity index (χ4n) is 6.99. The minimum absolute atomic E-state index is 0.000518. The third-order valence-corrected chi connectivity index (χ3v) is 9.73. The van der Waals surface area contributed by atoms with E-state index < -0.39 is 23.4 Å². The van der Waals surface area contributed by atoms with Gasteiger partial charge in [-0.15, -0.1) is 0 Å². The number of hydrogen-bond acceptors (Lipinski definition) is 3. The summed E-state index contributed by atoms with van der Waals surface area (Å²) in [7, 11) is 2.06. The van der Waals surface area contributed by atoms with E-state index in [-0.39, 0.29) is 42.3 Å². The van der Waals surface area contributed by atoms with Gasteiger partial charge in [0, 0.05) is 35.6 Å². The van der Waals surface area contributed by atoms with Crippen LogP contribution in [0.5, 0.6) is 0 Å². The number of hydrogen-bond donors (Lipinski definition) is 0. The summed E-state index contributed by atoms with van der Waals surface area (Å²) in [6.07, 6.45) is -0.216. The van der Waals surface area contributed by atoms with E-state index in [4.69, 9.17) is 0 Å². The molecule has 1 aliphatic carbocycles. The molecule has 5 nitrogen and oxygen atoms in total. The monoisotopic (exact) mass is 663 g/mol. The summed E-state index contributed by atoms with van der Waals surface area (Å²) in [5.41, 5.74) is 3.95. The van der Waals surface area contributed by atoms with Crippen molar-refractivity contribution in [2.45, 2.75) is 70.3 Å². The van der Waals surface area contributed by atoms with Crippen molar-refractivity contribution >= 4 is 5.91 Å². The van der Waals surface area contributed by atoms with E-state index in [0.29, 0.717) is 36.2 Å². The van der Waals surface area contributed by atoms with Crippen molar-refractivity contribution in [1.29, 1.82) is 0 Å². The fraction of sp³-hybridized carbons (Fsp3) is 0.368. The summed E-state index contributed by atoms with van der Waals surface area (Å²) in [4.78, 5) is 31.5. The average Bonchev–Trinajstić information content (AvgIpc) is 3.57. The largest absolute Gasteiger partial charge is 0.416 e. The standard InChI is InChI=1S/C38H38F5N3O2/c1-44-20-18-30(19-21-44)46(23-25-8-10-26(11-9-25)27-12-15-29(16-13-27)38(41,42)43)36(48)24-45-31(22-35(47)32-5-3-7-34(32)45)17-14-28-4-2-6-33(39)37(28)40/h2,4,6,8-13,15-16,22,30H,3,5,7,14,17-21,23-24H2,1H3. The Morgan fingerprint density at radius 2 is 1.56 bits per heavy atom. The number of piperidine rings is 1. The van der Waals surface area contributed by atoms with Gasteiger partial charge in [0.15, 0.2) is 17.1 Å². The first kappa shape index (κ1) is 33.6. The Balaban J connectivity index is 1.26. The van der Waals surface area contributed by atoms with E-state index in [1.165, 1.54) is 24.3 Å². The molecule has 0 unspecified atom stereocenters. The van der Waals surface area contributed by atoms with E-state index in [1.807, 2.05) is 33.7 Å². The molecule has 0 N–H and O–H groups in total. The summed E-state index contributed by atoms with van der Waals surface area (Å²) in [6, 6.07) is 18.2. The number of rotatable bonds is 9. The molecule has 0 saturated carbocycles. The molecular weight excluding hydrogens is 625 g/mol. The number of halogens is 5. The molecule has 1 saturated heterocycles. The highest BCUT2D eigenvalue weighted by Crippen LogP contribution is 2.31. The maximum absolute atomic E-state index is 14.5. The van der Waals surface area contributed by atoms with Crippen LogP contribution in [0.15, 0.2) is 77.6 Å². The lowest BCUT2D eigenvalue weighted by molar-refractivity contribution is -0.137. The van der Waals surface area contributed by atoms with Gasteiger partial charge >= 0.3 is 6.18 Å². The number of carbonyl (C=O) groups excluding carboxylic acids is 1. The van der Waals surface area contributed by atoms with Crippen LogP contribution in [0.4, 0.5) is 22.0 Å². The number of carbonyl (C=O) groups is 1. The van der Waals surface area contributed by atoms with Gasteiger partial charge in [0.25, 0.3) is 0 Å². The summed E-state index contributed by atoms with van der Waals surface area (Å²) in [5, 5.41) is 0. The predicted octanol–water partition coefficient (Wildman–Crippen LogP) is 7.21. The van der Waals surface area contributed by atoms with Crippen molar-refractivity contribution < 1.29 is 26.7 Å². The highest BCUT2D eigenvalue weighted by molar-refractivity contribution is 5.77. The van der Waals surface area contributed by atoms with Crippen molar-refractivity contribution in [2.24, 2.45) is 0 Å². The quantitative estimate of drug-likeness (QED) is 0.178. The van der Waals surface area contributed by atoms with Crippen molar-refractivity contribution in [3.05, 3.63) is 128 Å². The lowest BCUT2D eigenvalue weighted by Crippen LogP contribution is -2.47. The molecule has 0 spiro atoms. The van der Waals surface area contributed by atoms with Gasteiger partial charge in [-0.05, 0) is 106 Å². The van der Waals surface area contributed by atoms with Crippen LogP contribution in [-0.4, -0.2) is 46.5 Å². The molecule has 1 aliphatic heterocycles.